The molecule has 6 rings (SSSR count). The fraction of sp³-hybridized carbons (Fsp3) is 0.455. The minimum absolute atomic E-state index is 0. The van der Waals surface area contributed by atoms with E-state index in [4.69, 9.17) is 19.8 Å². The highest BCUT2D eigenvalue weighted by Crippen LogP contribution is 2.36. The molecule has 0 aliphatic carbocycles. The van der Waals surface area contributed by atoms with Crippen molar-refractivity contribution >= 4 is 35.9 Å². The van der Waals surface area contributed by atoms with Crippen molar-refractivity contribution in [2.24, 2.45) is 0 Å². The van der Waals surface area contributed by atoms with E-state index in [1.165, 1.54) is 37.1 Å². The number of fused-ring (bicyclic) bond motifs is 4. The first-order chi connectivity index (χ1) is 26.0. The van der Waals surface area contributed by atoms with Crippen molar-refractivity contribution in [2.75, 3.05) is 27.2 Å². The van der Waals surface area contributed by atoms with Crippen molar-refractivity contribution in [3.05, 3.63) is 107 Å². The molecule has 4 aliphatic heterocycles. The van der Waals surface area contributed by atoms with Gasteiger partial charge in [0.05, 0.1) is 0 Å². The molecule has 2 aromatic carbocycles. The summed E-state index contributed by atoms with van der Waals surface area (Å²) >= 11 is 0. The molecule has 0 aromatic heterocycles. The topological polar surface area (TPSA) is 185 Å². The molecule has 2 saturated heterocycles. The first-order valence-corrected chi connectivity index (χ1v) is 19.4. The second-order valence-corrected chi connectivity index (χ2v) is 14.4. The van der Waals surface area contributed by atoms with Crippen molar-refractivity contribution < 1.29 is 40.3 Å². The van der Waals surface area contributed by atoms with Gasteiger partial charge in [0.1, 0.15) is 0 Å². The molecule has 4 aliphatic rings. The number of carboxylic acid groups (broad SMARTS) is 2. The SMILES string of the molecule is CCCCN(C(=O)/C=C/c1ccccc1)C1=CC2CCC(C1)N2C.CCCCN(C(=O)/C=C/c1ccccc1)C1=CC2CCC(C1)N2C.O.O.O=C(O)C(=O)O. The Labute approximate surface area is 332 Å². The van der Waals surface area contributed by atoms with Crippen molar-refractivity contribution in [2.45, 2.75) is 102 Å². The molecule has 56 heavy (non-hydrogen) atoms. The summed E-state index contributed by atoms with van der Waals surface area (Å²) in [4.78, 5) is 52.8. The zero-order chi connectivity index (χ0) is 39.0. The van der Waals surface area contributed by atoms with Crippen molar-refractivity contribution in [1.82, 2.24) is 19.6 Å². The number of aliphatic carboxylic acids is 2. The van der Waals surface area contributed by atoms with Gasteiger partial charge in [-0.25, -0.2) is 9.59 Å². The van der Waals surface area contributed by atoms with Gasteiger partial charge >= 0.3 is 11.9 Å². The molecule has 0 spiro atoms. The Morgan fingerprint density at radius 1 is 0.625 bits per heavy atom. The van der Waals surface area contributed by atoms with E-state index in [0.29, 0.717) is 24.2 Å². The number of amides is 2. The summed E-state index contributed by atoms with van der Waals surface area (Å²) in [5, 5.41) is 14.8. The van der Waals surface area contributed by atoms with Crippen LogP contribution in [0.15, 0.2) is 96.4 Å². The normalized spacial score (nSPS) is 20.9. The van der Waals surface area contributed by atoms with Gasteiger partial charge in [-0.2, -0.15) is 0 Å². The Morgan fingerprint density at radius 3 is 1.29 bits per heavy atom. The van der Waals surface area contributed by atoms with E-state index in [1.54, 1.807) is 12.2 Å². The van der Waals surface area contributed by atoms with Gasteiger partial charge in [0.2, 0.25) is 0 Å². The molecular formula is C44H62N4O8. The summed E-state index contributed by atoms with van der Waals surface area (Å²) < 4.78 is 0. The van der Waals surface area contributed by atoms with E-state index in [9.17, 15) is 9.59 Å². The number of carboxylic acids is 2. The molecule has 2 amide bonds. The number of benzene rings is 2. The summed E-state index contributed by atoms with van der Waals surface area (Å²) in [6.45, 7) is 6.00. The van der Waals surface area contributed by atoms with Crippen LogP contribution in [0.1, 0.15) is 89.2 Å². The van der Waals surface area contributed by atoms with Gasteiger partial charge in [-0.05, 0) is 88.1 Å². The maximum atomic E-state index is 12.8. The van der Waals surface area contributed by atoms with Gasteiger partial charge in [-0.1, -0.05) is 87.4 Å². The van der Waals surface area contributed by atoms with Crippen LogP contribution in [-0.2, 0) is 19.2 Å². The molecule has 0 radical (unpaired) electrons. The third kappa shape index (κ3) is 13.7. The van der Waals surface area contributed by atoms with Crippen LogP contribution >= 0.6 is 0 Å². The average molecular weight is 775 g/mol. The molecule has 4 unspecified atom stereocenters. The predicted octanol–water partition coefficient (Wildman–Crippen LogP) is 5.66. The van der Waals surface area contributed by atoms with E-state index in [-0.39, 0.29) is 22.8 Å². The largest absolute Gasteiger partial charge is 0.473 e. The number of carbonyl (C=O) groups is 4. The Morgan fingerprint density at radius 2 is 0.982 bits per heavy atom. The van der Waals surface area contributed by atoms with Crippen LogP contribution in [0.2, 0.25) is 0 Å². The van der Waals surface area contributed by atoms with Crippen LogP contribution in [0.25, 0.3) is 12.2 Å². The third-order valence-electron chi connectivity index (χ3n) is 10.8. The summed E-state index contributed by atoms with van der Waals surface area (Å²) in [7, 11) is 4.42. The second kappa shape index (κ2) is 23.9. The van der Waals surface area contributed by atoms with Gasteiger partial charge < -0.3 is 31.0 Å². The Kier molecular flexibility index (Phi) is 20.2. The number of rotatable bonds is 12. The number of carbonyl (C=O) groups excluding carboxylic acids is 2. The molecule has 2 fully saturated rings. The Balaban J connectivity index is 0.000000328. The molecule has 12 nitrogen and oxygen atoms in total. The summed E-state index contributed by atoms with van der Waals surface area (Å²) in [6, 6.07) is 22.3. The lowest BCUT2D eigenvalue weighted by Gasteiger charge is -2.35. The second-order valence-electron chi connectivity index (χ2n) is 14.4. The molecule has 4 heterocycles. The zero-order valence-electron chi connectivity index (χ0n) is 33.3. The van der Waals surface area contributed by atoms with Crippen LogP contribution in [0.3, 0.4) is 0 Å². The number of unbranched alkanes of at least 4 members (excludes halogenated alkanes) is 2. The smallest absolute Gasteiger partial charge is 0.414 e. The fourth-order valence-corrected chi connectivity index (χ4v) is 7.51. The Bertz CT molecular complexity index is 1550. The molecule has 4 atom stereocenters. The quantitative estimate of drug-likeness (QED) is 0.204. The lowest BCUT2D eigenvalue weighted by Crippen LogP contribution is -2.40. The molecule has 0 saturated carbocycles. The number of likely N-dealkylation sites (N-methyl/N-ethyl adjacent to an activating group) is 2. The first-order valence-electron chi connectivity index (χ1n) is 19.4. The molecule has 12 heteroatoms. The van der Waals surface area contributed by atoms with Gasteiger partial charge in [0.25, 0.3) is 11.8 Å². The summed E-state index contributed by atoms with van der Waals surface area (Å²) in [6.07, 6.45) is 23.2. The maximum absolute atomic E-state index is 12.8. The van der Waals surface area contributed by atoms with Gasteiger partial charge in [-0.3, -0.25) is 19.4 Å². The van der Waals surface area contributed by atoms with E-state index in [2.05, 4.69) is 49.9 Å². The maximum Gasteiger partial charge on any atom is 0.414 e. The monoisotopic (exact) mass is 774 g/mol. The lowest BCUT2D eigenvalue weighted by atomic mass is 10.1. The van der Waals surface area contributed by atoms with Crippen LogP contribution in [-0.4, -0.2) is 116 Å². The molecule has 2 aromatic rings. The minimum atomic E-state index is -1.82. The molecule has 306 valence electrons. The molecular weight excluding hydrogens is 713 g/mol. The van der Waals surface area contributed by atoms with Crippen LogP contribution in [0, 0.1) is 0 Å². The van der Waals surface area contributed by atoms with Crippen LogP contribution < -0.4 is 0 Å². The number of nitrogens with zero attached hydrogens (tertiary/aromatic N) is 4. The Hall–Kier alpha value is -4.88. The first kappa shape index (κ1) is 47.3. The van der Waals surface area contributed by atoms with E-state index < -0.39 is 11.9 Å². The highest BCUT2D eigenvalue weighted by atomic mass is 16.4. The third-order valence-corrected chi connectivity index (χ3v) is 10.8. The van der Waals surface area contributed by atoms with Crippen LogP contribution in [0.5, 0.6) is 0 Å². The van der Waals surface area contributed by atoms with Crippen molar-refractivity contribution in [1.29, 1.82) is 0 Å². The highest BCUT2D eigenvalue weighted by molar-refractivity contribution is 6.27. The predicted molar refractivity (Wildman–Crippen MR) is 221 cm³/mol. The standard InChI is InChI=1S/2C21H28N2O.C2H2O4.2H2O/c2*1-3-4-14-23(20-15-18-11-12-19(16-20)22(18)2)21(24)13-10-17-8-6-5-7-9-17;3-1(4)2(5)6;;/h2*5-10,13,15,18-19H,3-4,11-12,14,16H2,1-2H3;(H,3,4)(H,5,6);2*1H2/b2*13-10+;;;. The van der Waals surface area contributed by atoms with Gasteiger partial charge in [0, 0.05) is 73.6 Å². The number of hydrogen-bond acceptors (Lipinski definition) is 6. The zero-order valence-corrected chi connectivity index (χ0v) is 33.3. The van der Waals surface area contributed by atoms with E-state index in [1.807, 2.05) is 82.6 Å². The average Bonchev–Trinajstić information content (AvgIpc) is 3.48. The highest BCUT2D eigenvalue weighted by Gasteiger charge is 2.37. The summed E-state index contributed by atoms with van der Waals surface area (Å²) in [5.41, 5.74) is 4.60. The van der Waals surface area contributed by atoms with Crippen molar-refractivity contribution in [3.63, 3.8) is 0 Å². The van der Waals surface area contributed by atoms with Gasteiger partial charge in [0.15, 0.2) is 0 Å². The molecule has 6 N–H and O–H groups in total. The number of hydrogen-bond donors (Lipinski definition) is 2. The lowest BCUT2D eigenvalue weighted by molar-refractivity contribution is -0.159. The fourth-order valence-electron chi connectivity index (χ4n) is 7.51. The van der Waals surface area contributed by atoms with E-state index >= 15 is 0 Å². The van der Waals surface area contributed by atoms with E-state index in [0.717, 1.165) is 62.7 Å². The van der Waals surface area contributed by atoms with Crippen molar-refractivity contribution in [3.8, 4) is 0 Å². The van der Waals surface area contributed by atoms with Crippen LogP contribution in [0.4, 0.5) is 0 Å². The van der Waals surface area contributed by atoms with Gasteiger partial charge in [-0.15, -0.1) is 0 Å². The summed E-state index contributed by atoms with van der Waals surface area (Å²) in [5.74, 6) is -3.42. The minimum Gasteiger partial charge on any atom is -0.473 e. The molecule has 4 bridgehead atoms.